The minimum Gasteiger partial charge on any atom is -0.357 e. The Labute approximate surface area is 108 Å². The van der Waals surface area contributed by atoms with E-state index in [1.54, 1.807) is 0 Å². The Bertz CT molecular complexity index is 385. The van der Waals surface area contributed by atoms with Crippen molar-refractivity contribution in [1.82, 2.24) is 10.7 Å². The van der Waals surface area contributed by atoms with Gasteiger partial charge in [0.15, 0.2) is 5.11 Å². The van der Waals surface area contributed by atoms with Gasteiger partial charge in [-0.25, -0.2) is 0 Å². The summed E-state index contributed by atoms with van der Waals surface area (Å²) in [4.78, 5) is 0. The summed E-state index contributed by atoms with van der Waals surface area (Å²) in [6, 6.07) is 10.1. The molecule has 0 saturated heterocycles. The molecule has 0 bridgehead atoms. The topological polar surface area (TPSA) is 36.4 Å². The first-order valence-corrected chi connectivity index (χ1v) is 6.12. The molecule has 0 spiro atoms. The van der Waals surface area contributed by atoms with E-state index in [4.69, 9.17) is 12.2 Å². The molecule has 1 rings (SSSR count). The van der Waals surface area contributed by atoms with Crippen LogP contribution in [0, 0.1) is 5.92 Å². The zero-order chi connectivity index (χ0) is 12.7. The number of nitrogens with zero attached hydrogens (tertiary/aromatic N) is 1. The van der Waals surface area contributed by atoms with E-state index >= 15 is 0 Å². The molecule has 3 nitrogen and oxygen atoms in total. The third kappa shape index (κ3) is 5.45. The molecule has 0 aromatic heterocycles. The molecule has 2 N–H and O–H groups in total. The van der Waals surface area contributed by atoms with E-state index in [9.17, 15) is 0 Å². The Balaban J connectivity index is 2.34. The Hall–Kier alpha value is -1.42. The van der Waals surface area contributed by atoms with Crippen molar-refractivity contribution in [3.63, 3.8) is 0 Å². The molecule has 0 amide bonds. The fourth-order valence-electron chi connectivity index (χ4n) is 1.09. The van der Waals surface area contributed by atoms with Crippen LogP contribution in [-0.4, -0.2) is 10.8 Å². The van der Waals surface area contributed by atoms with Crippen molar-refractivity contribution < 1.29 is 0 Å². The quantitative estimate of drug-likeness (QED) is 0.489. The van der Waals surface area contributed by atoms with Gasteiger partial charge < -0.3 is 5.32 Å². The fourth-order valence-corrected chi connectivity index (χ4v) is 1.20. The van der Waals surface area contributed by atoms with Gasteiger partial charge in [-0.1, -0.05) is 44.2 Å². The van der Waals surface area contributed by atoms with Gasteiger partial charge >= 0.3 is 0 Å². The Kier molecular flexibility index (Phi) is 5.63. The van der Waals surface area contributed by atoms with Gasteiger partial charge in [-0.3, -0.25) is 5.43 Å². The molecule has 4 heteroatoms. The second-order valence-corrected chi connectivity index (χ2v) is 4.60. The van der Waals surface area contributed by atoms with E-state index in [-0.39, 0.29) is 0 Å². The van der Waals surface area contributed by atoms with Crippen molar-refractivity contribution in [1.29, 1.82) is 0 Å². The molecule has 92 valence electrons. The monoisotopic (exact) mass is 249 g/mol. The molecule has 1 aromatic carbocycles. The largest absolute Gasteiger partial charge is 0.357 e. The molecular weight excluding hydrogens is 230 g/mol. The summed E-state index contributed by atoms with van der Waals surface area (Å²) in [5, 5.41) is 7.86. The van der Waals surface area contributed by atoms with Crippen molar-refractivity contribution in [3.8, 4) is 0 Å². The maximum Gasteiger partial charge on any atom is 0.187 e. The van der Waals surface area contributed by atoms with Crippen LogP contribution in [0.15, 0.2) is 35.4 Å². The summed E-state index contributed by atoms with van der Waals surface area (Å²) >= 11 is 5.13. The van der Waals surface area contributed by atoms with E-state index < -0.39 is 0 Å². The first-order valence-electron chi connectivity index (χ1n) is 5.71. The Morgan fingerprint density at radius 2 is 1.94 bits per heavy atom. The van der Waals surface area contributed by atoms with Crippen LogP contribution in [0.4, 0.5) is 0 Å². The number of hydrogen-bond acceptors (Lipinski definition) is 2. The van der Waals surface area contributed by atoms with Crippen LogP contribution in [0.1, 0.15) is 26.3 Å². The van der Waals surface area contributed by atoms with Gasteiger partial charge in [0.2, 0.25) is 0 Å². The number of hydrazone groups is 1. The van der Waals surface area contributed by atoms with E-state index in [0.717, 1.165) is 5.71 Å². The highest BCUT2D eigenvalue weighted by atomic mass is 32.1. The smallest absolute Gasteiger partial charge is 0.187 e. The normalized spacial score (nSPS) is 11.4. The second kappa shape index (κ2) is 7.01. The number of nitrogens with one attached hydrogen (secondary N) is 2. The molecule has 0 fully saturated rings. The predicted molar refractivity (Wildman–Crippen MR) is 77.0 cm³/mol. The zero-order valence-corrected chi connectivity index (χ0v) is 11.3. The van der Waals surface area contributed by atoms with Crippen LogP contribution in [0.25, 0.3) is 0 Å². The molecule has 17 heavy (non-hydrogen) atoms. The van der Waals surface area contributed by atoms with Crippen molar-refractivity contribution in [3.05, 3.63) is 35.9 Å². The fraction of sp³-hybridized carbons (Fsp3) is 0.385. The summed E-state index contributed by atoms with van der Waals surface area (Å²) in [5.74, 6) is 0.430. The molecule has 0 saturated carbocycles. The minimum atomic E-state index is 0.430. The maximum atomic E-state index is 5.13. The molecular formula is C13H19N3S. The highest BCUT2D eigenvalue weighted by Gasteiger charge is 1.98. The maximum absolute atomic E-state index is 5.13. The van der Waals surface area contributed by atoms with Gasteiger partial charge in [0.25, 0.3) is 0 Å². The van der Waals surface area contributed by atoms with Crippen LogP contribution in [0.2, 0.25) is 0 Å². The van der Waals surface area contributed by atoms with Gasteiger partial charge in [0.1, 0.15) is 0 Å². The highest BCUT2D eigenvalue weighted by molar-refractivity contribution is 7.80. The van der Waals surface area contributed by atoms with Gasteiger partial charge in [0, 0.05) is 12.3 Å². The lowest BCUT2D eigenvalue weighted by Gasteiger charge is -2.09. The first kappa shape index (κ1) is 13.6. The van der Waals surface area contributed by atoms with Crippen LogP contribution in [0.5, 0.6) is 0 Å². The van der Waals surface area contributed by atoms with Gasteiger partial charge in [-0.2, -0.15) is 5.10 Å². The molecule has 0 aliphatic rings. The molecule has 0 heterocycles. The lowest BCUT2D eigenvalue weighted by molar-refractivity contribution is 0.830. The number of rotatable bonds is 4. The lowest BCUT2D eigenvalue weighted by Crippen LogP contribution is -2.32. The van der Waals surface area contributed by atoms with Crippen LogP contribution < -0.4 is 10.7 Å². The summed E-state index contributed by atoms with van der Waals surface area (Å²) < 4.78 is 0. The number of benzene rings is 1. The zero-order valence-electron chi connectivity index (χ0n) is 10.5. The third-order valence-electron chi connectivity index (χ3n) is 2.47. The molecule has 0 radical (unpaired) electrons. The molecule has 0 aliphatic carbocycles. The summed E-state index contributed by atoms with van der Waals surface area (Å²) in [6.45, 7) is 6.89. The van der Waals surface area contributed by atoms with Crippen molar-refractivity contribution in [2.45, 2.75) is 27.3 Å². The second-order valence-electron chi connectivity index (χ2n) is 4.19. The van der Waals surface area contributed by atoms with E-state index in [0.29, 0.717) is 17.6 Å². The van der Waals surface area contributed by atoms with Gasteiger partial charge in [-0.15, -0.1) is 0 Å². The standard InChI is InChI=1S/C13H19N3S/c1-10(2)11(3)15-16-13(17)14-9-12-7-5-4-6-8-12/h4-8,10H,9H2,1-3H3,(H2,14,16,17)/b15-11-. The van der Waals surface area contributed by atoms with Gasteiger partial charge in [-0.05, 0) is 30.6 Å². The van der Waals surface area contributed by atoms with Crippen molar-refractivity contribution in [2.24, 2.45) is 11.0 Å². The molecule has 0 aliphatic heterocycles. The van der Waals surface area contributed by atoms with Crippen molar-refractivity contribution >= 4 is 23.0 Å². The van der Waals surface area contributed by atoms with Crippen LogP contribution >= 0.6 is 12.2 Å². The summed E-state index contributed by atoms with van der Waals surface area (Å²) in [5.41, 5.74) is 5.07. The predicted octanol–water partition coefficient (Wildman–Crippen LogP) is 2.68. The Morgan fingerprint density at radius 3 is 2.53 bits per heavy atom. The van der Waals surface area contributed by atoms with E-state index in [1.165, 1.54) is 5.56 Å². The van der Waals surface area contributed by atoms with Crippen LogP contribution in [-0.2, 0) is 6.54 Å². The van der Waals surface area contributed by atoms with Crippen LogP contribution in [0.3, 0.4) is 0 Å². The molecule has 0 unspecified atom stereocenters. The summed E-state index contributed by atoms with van der Waals surface area (Å²) in [7, 11) is 0. The van der Waals surface area contributed by atoms with E-state index in [1.807, 2.05) is 25.1 Å². The van der Waals surface area contributed by atoms with Crippen molar-refractivity contribution in [2.75, 3.05) is 0 Å². The number of hydrogen-bond donors (Lipinski definition) is 2. The Morgan fingerprint density at radius 1 is 1.29 bits per heavy atom. The minimum absolute atomic E-state index is 0.430. The average molecular weight is 249 g/mol. The van der Waals surface area contributed by atoms with Gasteiger partial charge in [0.05, 0.1) is 0 Å². The SMILES string of the molecule is C/C(=N/NC(=S)NCc1ccccc1)C(C)C. The molecule has 1 aromatic rings. The first-order chi connectivity index (χ1) is 8.09. The van der Waals surface area contributed by atoms with E-state index in [2.05, 4.69) is 41.8 Å². The average Bonchev–Trinajstić information content (AvgIpc) is 2.34. The number of thiocarbonyl (C=S) groups is 1. The molecule has 0 atom stereocenters. The third-order valence-corrected chi connectivity index (χ3v) is 2.70. The lowest BCUT2D eigenvalue weighted by atomic mass is 10.1. The summed E-state index contributed by atoms with van der Waals surface area (Å²) in [6.07, 6.45) is 0. The highest BCUT2D eigenvalue weighted by Crippen LogP contribution is 1.97.